The molecular weight excluding hydrogens is 284 g/mol. The minimum atomic E-state index is -1.44. The van der Waals surface area contributed by atoms with E-state index in [4.69, 9.17) is 0 Å². The second-order valence-electron chi connectivity index (χ2n) is 7.02. The molecule has 1 rings (SSSR count). The van der Waals surface area contributed by atoms with Crippen LogP contribution in [0, 0.1) is 11.8 Å². The predicted octanol–water partition coefficient (Wildman–Crippen LogP) is 1.46. The summed E-state index contributed by atoms with van der Waals surface area (Å²) in [4.78, 5) is 36.1. The molecule has 6 nitrogen and oxygen atoms in total. The van der Waals surface area contributed by atoms with E-state index in [1.807, 2.05) is 20.8 Å². The first-order chi connectivity index (χ1) is 10.0. The van der Waals surface area contributed by atoms with Gasteiger partial charge < -0.3 is 15.7 Å². The van der Waals surface area contributed by atoms with Gasteiger partial charge in [-0.15, -0.1) is 6.58 Å². The Bertz CT molecular complexity index is 481. The molecule has 2 amide bonds. The summed E-state index contributed by atoms with van der Waals surface area (Å²) < 4.78 is 0. The summed E-state index contributed by atoms with van der Waals surface area (Å²) in [7, 11) is 0. The number of hydrogen-bond donors (Lipinski definition) is 3. The average molecular weight is 310 g/mol. The summed E-state index contributed by atoms with van der Waals surface area (Å²) in [6.07, 6.45) is 2.93. The van der Waals surface area contributed by atoms with Crippen LogP contribution in [0.25, 0.3) is 0 Å². The second-order valence-corrected chi connectivity index (χ2v) is 7.02. The van der Waals surface area contributed by atoms with E-state index >= 15 is 0 Å². The van der Waals surface area contributed by atoms with E-state index in [1.54, 1.807) is 6.08 Å². The monoisotopic (exact) mass is 310 g/mol. The molecule has 1 saturated carbocycles. The maximum Gasteiger partial charge on any atom is 0.309 e. The van der Waals surface area contributed by atoms with Gasteiger partial charge >= 0.3 is 5.97 Å². The molecule has 3 atom stereocenters. The maximum absolute atomic E-state index is 12.8. The maximum atomic E-state index is 12.8. The molecule has 0 aromatic carbocycles. The number of carbonyl (C=O) groups excluding carboxylic acids is 2. The van der Waals surface area contributed by atoms with E-state index in [9.17, 15) is 19.5 Å². The molecule has 1 aliphatic carbocycles. The number of hydrogen-bond acceptors (Lipinski definition) is 3. The standard InChI is InChI=1S/C16H26N2O4/c1-6-11-7-8-12(13(20)21)16(9-11,17-10(2)19)14(22)18-15(3,4)5/h6,11-12H,1,7-9H2,2-5H3,(H,17,19)(H,18,22)(H,20,21). The first-order valence-corrected chi connectivity index (χ1v) is 7.48. The van der Waals surface area contributed by atoms with Gasteiger partial charge in [-0.05, 0) is 46.0 Å². The molecule has 1 aliphatic rings. The van der Waals surface area contributed by atoms with Crippen molar-refractivity contribution in [3.05, 3.63) is 12.7 Å². The third-order valence-corrected chi connectivity index (χ3v) is 3.93. The van der Waals surface area contributed by atoms with Crippen LogP contribution in [0.4, 0.5) is 0 Å². The zero-order valence-corrected chi connectivity index (χ0v) is 13.7. The van der Waals surface area contributed by atoms with Crippen LogP contribution >= 0.6 is 0 Å². The van der Waals surface area contributed by atoms with Crippen molar-refractivity contribution in [1.82, 2.24) is 10.6 Å². The Morgan fingerprint density at radius 1 is 1.27 bits per heavy atom. The van der Waals surface area contributed by atoms with Crippen LogP contribution in [0.5, 0.6) is 0 Å². The molecule has 3 unspecified atom stereocenters. The van der Waals surface area contributed by atoms with E-state index in [2.05, 4.69) is 17.2 Å². The Balaban J connectivity index is 3.29. The molecule has 1 fully saturated rings. The lowest BCUT2D eigenvalue weighted by atomic mass is 9.67. The van der Waals surface area contributed by atoms with Gasteiger partial charge in [0, 0.05) is 12.5 Å². The molecule has 0 heterocycles. The van der Waals surface area contributed by atoms with E-state index in [0.717, 1.165) is 0 Å². The van der Waals surface area contributed by atoms with E-state index < -0.39 is 34.8 Å². The number of amides is 2. The lowest BCUT2D eigenvalue weighted by Crippen LogP contribution is -2.68. The molecule has 0 radical (unpaired) electrons. The van der Waals surface area contributed by atoms with Crippen LogP contribution in [-0.2, 0) is 14.4 Å². The van der Waals surface area contributed by atoms with E-state index in [1.165, 1.54) is 6.92 Å². The Morgan fingerprint density at radius 2 is 1.86 bits per heavy atom. The number of carboxylic acids is 1. The highest BCUT2D eigenvalue weighted by Gasteiger charge is 2.53. The second kappa shape index (κ2) is 6.50. The average Bonchev–Trinajstić information content (AvgIpc) is 2.35. The van der Waals surface area contributed by atoms with Gasteiger partial charge in [0.25, 0.3) is 0 Å². The minimum absolute atomic E-state index is 0.00633. The molecule has 0 bridgehead atoms. The van der Waals surface area contributed by atoms with Crippen LogP contribution in [0.15, 0.2) is 12.7 Å². The van der Waals surface area contributed by atoms with Gasteiger partial charge in [0.15, 0.2) is 0 Å². The summed E-state index contributed by atoms with van der Waals surface area (Å²) in [5.74, 6) is -2.89. The van der Waals surface area contributed by atoms with Gasteiger partial charge in [0.1, 0.15) is 5.54 Å². The van der Waals surface area contributed by atoms with E-state index in [0.29, 0.717) is 12.8 Å². The Hall–Kier alpha value is -1.85. The zero-order valence-electron chi connectivity index (χ0n) is 13.7. The lowest BCUT2D eigenvalue weighted by molar-refractivity contribution is -0.154. The smallest absolute Gasteiger partial charge is 0.309 e. The molecule has 0 aromatic heterocycles. The molecule has 124 valence electrons. The predicted molar refractivity (Wildman–Crippen MR) is 83.1 cm³/mol. The van der Waals surface area contributed by atoms with Crippen LogP contribution in [0.3, 0.4) is 0 Å². The van der Waals surface area contributed by atoms with Crippen molar-refractivity contribution >= 4 is 17.8 Å². The van der Waals surface area contributed by atoms with Gasteiger partial charge in [0.2, 0.25) is 11.8 Å². The molecule has 22 heavy (non-hydrogen) atoms. The number of carbonyl (C=O) groups is 3. The van der Waals surface area contributed by atoms with Crippen LogP contribution in [0.1, 0.15) is 47.0 Å². The fourth-order valence-corrected chi connectivity index (χ4v) is 3.03. The Kier molecular flexibility index (Phi) is 5.38. The fraction of sp³-hybridized carbons (Fsp3) is 0.688. The molecular formula is C16H26N2O4. The van der Waals surface area contributed by atoms with E-state index in [-0.39, 0.29) is 12.3 Å². The van der Waals surface area contributed by atoms with Crippen LogP contribution in [0.2, 0.25) is 0 Å². The first kappa shape index (κ1) is 18.2. The highest BCUT2D eigenvalue weighted by Crippen LogP contribution is 2.38. The van der Waals surface area contributed by atoms with Crippen LogP contribution < -0.4 is 10.6 Å². The van der Waals surface area contributed by atoms with Crippen molar-refractivity contribution in [2.75, 3.05) is 0 Å². The molecule has 0 spiro atoms. The van der Waals surface area contributed by atoms with Gasteiger partial charge in [-0.3, -0.25) is 14.4 Å². The normalized spacial score (nSPS) is 28.5. The largest absolute Gasteiger partial charge is 0.481 e. The van der Waals surface area contributed by atoms with Crippen molar-refractivity contribution in [3.8, 4) is 0 Å². The Labute approximate surface area is 131 Å². The highest BCUT2D eigenvalue weighted by molar-refractivity contribution is 5.96. The van der Waals surface area contributed by atoms with Crippen molar-refractivity contribution in [3.63, 3.8) is 0 Å². The molecule has 0 aliphatic heterocycles. The van der Waals surface area contributed by atoms with Gasteiger partial charge in [-0.25, -0.2) is 0 Å². The molecule has 3 N–H and O–H groups in total. The van der Waals surface area contributed by atoms with Crippen LogP contribution in [-0.4, -0.2) is 34.0 Å². The third kappa shape index (κ3) is 4.08. The summed E-state index contributed by atoms with van der Waals surface area (Å²) in [6.45, 7) is 10.5. The van der Waals surface area contributed by atoms with Crippen molar-refractivity contribution in [1.29, 1.82) is 0 Å². The van der Waals surface area contributed by atoms with Gasteiger partial charge in [-0.2, -0.15) is 0 Å². The summed E-state index contributed by atoms with van der Waals surface area (Å²) in [5, 5.41) is 15.0. The Morgan fingerprint density at radius 3 is 2.27 bits per heavy atom. The molecule has 0 aromatic rings. The fourth-order valence-electron chi connectivity index (χ4n) is 3.03. The van der Waals surface area contributed by atoms with Crippen molar-refractivity contribution in [2.24, 2.45) is 11.8 Å². The SMILES string of the molecule is C=CC1CCC(C(=O)O)C(NC(C)=O)(C(=O)NC(C)(C)C)C1. The first-order valence-electron chi connectivity index (χ1n) is 7.48. The minimum Gasteiger partial charge on any atom is -0.481 e. The summed E-state index contributed by atoms with van der Waals surface area (Å²) in [6, 6.07) is 0. The number of aliphatic carboxylic acids is 1. The zero-order chi connectivity index (χ0) is 17.1. The highest BCUT2D eigenvalue weighted by atomic mass is 16.4. The molecule has 0 saturated heterocycles. The van der Waals surface area contributed by atoms with Gasteiger partial charge in [0.05, 0.1) is 5.92 Å². The molecule has 6 heteroatoms. The third-order valence-electron chi connectivity index (χ3n) is 3.93. The summed E-state index contributed by atoms with van der Waals surface area (Å²) in [5.41, 5.74) is -1.96. The summed E-state index contributed by atoms with van der Waals surface area (Å²) >= 11 is 0. The lowest BCUT2D eigenvalue weighted by Gasteiger charge is -2.44. The number of carboxylic acid groups (broad SMARTS) is 1. The van der Waals surface area contributed by atoms with Gasteiger partial charge in [-0.1, -0.05) is 6.08 Å². The van der Waals surface area contributed by atoms with Crippen molar-refractivity contribution in [2.45, 2.75) is 58.0 Å². The topological polar surface area (TPSA) is 95.5 Å². The number of rotatable bonds is 4. The quantitative estimate of drug-likeness (QED) is 0.685. The number of allylic oxidation sites excluding steroid dienone is 1. The number of nitrogens with one attached hydrogen (secondary N) is 2. The van der Waals surface area contributed by atoms with Crippen molar-refractivity contribution < 1.29 is 19.5 Å².